The lowest BCUT2D eigenvalue weighted by Crippen LogP contribution is -2.39. The Morgan fingerprint density at radius 1 is 1.33 bits per heavy atom. The molecule has 1 amide bonds. The van der Waals surface area contributed by atoms with Crippen molar-refractivity contribution < 1.29 is 4.79 Å². The maximum atomic E-state index is 12.4. The molecule has 4 nitrogen and oxygen atoms in total. The number of hydrogen-bond donors (Lipinski definition) is 1. The van der Waals surface area contributed by atoms with Gasteiger partial charge in [0.25, 0.3) is 0 Å². The van der Waals surface area contributed by atoms with Gasteiger partial charge in [0.1, 0.15) is 0 Å². The number of rotatable bonds is 3. The summed E-state index contributed by atoms with van der Waals surface area (Å²) in [5, 5.41) is 6.51. The van der Waals surface area contributed by atoms with E-state index in [9.17, 15) is 4.79 Å². The van der Waals surface area contributed by atoms with E-state index in [4.69, 9.17) is 0 Å². The van der Waals surface area contributed by atoms with Crippen LogP contribution in [0.2, 0.25) is 0 Å². The Hall–Kier alpha value is -0.970. The van der Waals surface area contributed by atoms with Crippen LogP contribution in [0.5, 0.6) is 0 Å². The third kappa shape index (κ3) is 2.60. The van der Waals surface area contributed by atoms with Gasteiger partial charge < -0.3 is 10.2 Å². The molecule has 0 aromatic heterocycles. The minimum absolute atomic E-state index is 0.200. The molecule has 114 valence electrons. The van der Waals surface area contributed by atoms with Gasteiger partial charge in [0.2, 0.25) is 5.91 Å². The Balaban J connectivity index is 1.34. The summed E-state index contributed by atoms with van der Waals surface area (Å²) in [5.41, 5.74) is 1.14. The predicted octanol–water partition coefficient (Wildman–Crippen LogP) is 2.72. The number of aliphatic imine (C=N–C) groups is 1. The largest absolute Gasteiger partial charge is 0.353 e. The van der Waals surface area contributed by atoms with Gasteiger partial charge in [-0.1, -0.05) is 24.6 Å². The summed E-state index contributed by atoms with van der Waals surface area (Å²) in [6.45, 7) is 1.94. The van der Waals surface area contributed by atoms with Crippen molar-refractivity contribution in [2.75, 3.05) is 13.1 Å². The second kappa shape index (κ2) is 5.67. The van der Waals surface area contributed by atoms with E-state index < -0.39 is 0 Å². The first-order valence-electron chi connectivity index (χ1n) is 8.28. The van der Waals surface area contributed by atoms with Crippen LogP contribution >= 0.6 is 11.8 Å². The number of carbonyl (C=O) groups is 1. The van der Waals surface area contributed by atoms with E-state index >= 15 is 0 Å². The molecular weight excluding hydrogens is 282 g/mol. The van der Waals surface area contributed by atoms with Crippen LogP contribution in [0.25, 0.3) is 0 Å². The highest BCUT2D eigenvalue weighted by molar-refractivity contribution is 8.16. The second-order valence-electron chi connectivity index (χ2n) is 6.68. The van der Waals surface area contributed by atoms with Gasteiger partial charge >= 0.3 is 0 Å². The average molecular weight is 305 g/mol. The highest BCUT2D eigenvalue weighted by Gasteiger charge is 2.39. The molecule has 5 heteroatoms. The minimum atomic E-state index is 0.200. The van der Waals surface area contributed by atoms with Crippen molar-refractivity contribution in [3.8, 4) is 0 Å². The quantitative estimate of drug-likeness (QED) is 0.872. The first-order valence-corrected chi connectivity index (χ1v) is 9.16. The highest BCUT2D eigenvalue weighted by atomic mass is 32.2. The van der Waals surface area contributed by atoms with Crippen molar-refractivity contribution in [3.05, 3.63) is 11.1 Å². The summed E-state index contributed by atoms with van der Waals surface area (Å²) >= 11 is 1.67. The van der Waals surface area contributed by atoms with Crippen LogP contribution in [0.3, 0.4) is 0 Å². The van der Waals surface area contributed by atoms with Crippen LogP contribution in [0.4, 0.5) is 0 Å². The molecule has 21 heavy (non-hydrogen) atoms. The topological polar surface area (TPSA) is 44.7 Å². The van der Waals surface area contributed by atoms with Crippen molar-refractivity contribution in [1.29, 1.82) is 0 Å². The second-order valence-corrected chi connectivity index (χ2v) is 7.52. The Morgan fingerprint density at radius 2 is 2.29 bits per heavy atom. The summed E-state index contributed by atoms with van der Waals surface area (Å²) in [4.78, 5) is 19.1. The van der Waals surface area contributed by atoms with Gasteiger partial charge in [0.05, 0.1) is 6.42 Å². The zero-order valence-electron chi connectivity index (χ0n) is 12.4. The van der Waals surface area contributed by atoms with Crippen LogP contribution < -0.4 is 5.32 Å². The van der Waals surface area contributed by atoms with E-state index in [1.807, 2.05) is 0 Å². The molecule has 0 aromatic rings. The zero-order chi connectivity index (χ0) is 14.2. The van der Waals surface area contributed by atoms with Crippen LogP contribution in [0, 0.1) is 11.8 Å². The summed E-state index contributed by atoms with van der Waals surface area (Å²) in [6, 6.07) is 0.439. The molecule has 0 saturated heterocycles. The SMILES string of the molecule is O=C(CC1=CSC2=NCCCN12)N[C@H]1CC[C@@H]2CCC[C@@H]21. The molecule has 0 aromatic carbocycles. The molecule has 3 atom stereocenters. The van der Waals surface area contributed by atoms with Crippen LogP contribution in [0.1, 0.15) is 44.9 Å². The maximum Gasteiger partial charge on any atom is 0.226 e. The number of carbonyl (C=O) groups excluding carboxylic acids is 1. The molecule has 4 rings (SSSR count). The number of thioether (sulfide) groups is 1. The van der Waals surface area contributed by atoms with Gasteiger partial charge in [-0.15, -0.1) is 0 Å². The Morgan fingerprint density at radius 3 is 3.24 bits per heavy atom. The van der Waals surface area contributed by atoms with E-state index in [-0.39, 0.29) is 5.91 Å². The summed E-state index contributed by atoms with van der Waals surface area (Å²) in [7, 11) is 0. The van der Waals surface area contributed by atoms with E-state index in [1.165, 1.54) is 32.1 Å². The van der Waals surface area contributed by atoms with Crippen LogP contribution in [-0.2, 0) is 4.79 Å². The minimum Gasteiger partial charge on any atom is -0.353 e. The molecule has 0 spiro atoms. The molecule has 1 N–H and O–H groups in total. The third-order valence-corrected chi connectivity index (χ3v) is 6.39. The molecule has 0 radical (unpaired) electrons. The highest BCUT2D eigenvalue weighted by Crippen LogP contribution is 2.44. The normalized spacial score (nSPS) is 34.3. The predicted molar refractivity (Wildman–Crippen MR) is 85.9 cm³/mol. The molecule has 0 bridgehead atoms. The number of amidine groups is 1. The molecule has 2 saturated carbocycles. The van der Waals surface area contributed by atoms with Gasteiger partial charge in [0.15, 0.2) is 5.17 Å². The summed E-state index contributed by atoms with van der Waals surface area (Å²) < 4.78 is 0. The zero-order valence-corrected chi connectivity index (χ0v) is 13.2. The van der Waals surface area contributed by atoms with Crippen LogP contribution in [-0.4, -0.2) is 35.1 Å². The lowest BCUT2D eigenvalue weighted by atomic mass is 9.97. The van der Waals surface area contributed by atoms with Crippen molar-refractivity contribution in [2.24, 2.45) is 16.8 Å². The number of nitrogens with zero attached hydrogens (tertiary/aromatic N) is 2. The van der Waals surface area contributed by atoms with E-state index in [0.717, 1.165) is 42.2 Å². The molecule has 2 aliphatic heterocycles. The van der Waals surface area contributed by atoms with E-state index in [0.29, 0.717) is 12.5 Å². The maximum absolute atomic E-state index is 12.4. The Kier molecular flexibility index (Phi) is 3.69. The molecule has 2 aliphatic carbocycles. The van der Waals surface area contributed by atoms with Gasteiger partial charge in [-0.2, -0.15) is 0 Å². The fourth-order valence-electron chi connectivity index (χ4n) is 4.44. The fourth-order valence-corrected chi connectivity index (χ4v) is 5.39. The average Bonchev–Trinajstić information content (AvgIpc) is 3.17. The number of amides is 1. The monoisotopic (exact) mass is 305 g/mol. The molecule has 2 heterocycles. The van der Waals surface area contributed by atoms with E-state index in [2.05, 4.69) is 20.6 Å². The van der Waals surface area contributed by atoms with Gasteiger partial charge in [-0.25, -0.2) is 0 Å². The fraction of sp³-hybridized carbons (Fsp3) is 0.750. The summed E-state index contributed by atoms with van der Waals surface area (Å²) in [6.07, 6.45) is 8.16. The number of nitrogens with one attached hydrogen (secondary N) is 1. The summed E-state index contributed by atoms with van der Waals surface area (Å²) in [5.74, 6) is 1.84. The van der Waals surface area contributed by atoms with Crippen molar-refractivity contribution >= 4 is 22.8 Å². The standard InChI is InChI=1S/C16H23N3OS/c20-15(18-14-6-5-11-3-1-4-13(11)14)9-12-10-21-16-17-7-2-8-19(12)16/h10-11,13-14H,1-9H2,(H,18,20)/t11-,13-,14-/m0/s1. The Bertz CT molecular complexity index is 502. The molecule has 2 fully saturated rings. The Labute approximate surface area is 130 Å². The van der Waals surface area contributed by atoms with Gasteiger partial charge in [0, 0.05) is 24.8 Å². The number of hydrogen-bond acceptors (Lipinski definition) is 4. The number of fused-ring (bicyclic) bond motifs is 2. The molecular formula is C16H23N3OS. The van der Waals surface area contributed by atoms with Crippen LogP contribution in [0.15, 0.2) is 16.1 Å². The van der Waals surface area contributed by atoms with E-state index in [1.54, 1.807) is 11.8 Å². The smallest absolute Gasteiger partial charge is 0.226 e. The van der Waals surface area contributed by atoms with Crippen molar-refractivity contribution in [1.82, 2.24) is 10.2 Å². The first-order chi connectivity index (χ1) is 10.3. The lowest BCUT2D eigenvalue weighted by molar-refractivity contribution is -0.121. The molecule has 4 aliphatic rings. The van der Waals surface area contributed by atoms with Gasteiger partial charge in [-0.05, 0) is 42.9 Å². The third-order valence-electron chi connectivity index (χ3n) is 5.44. The lowest BCUT2D eigenvalue weighted by Gasteiger charge is -2.26. The van der Waals surface area contributed by atoms with Crippen molar-refractivity contribution in [3.63, 3.8) is 0 Å². The van der Waals surface area contributed by atoms with Gasteiger partial charge in [-0.3, -0.25) is 9.79 Å². The van der Waals surface area contributed by atoms with Crippen molar-refractivity contribution in [2.45, 2.75) is 51.0 Å². The first kappa shape index (κ1) is 13.7. The molecule has 0 unspecified atom stereocenters.